The van der Waals surface area contributed by atoms with Crippen LogP contribution in [0.15, 0.2) is 108 Å². The van der Waals surface area contributed by atoms with E-state index >= 15 is 0 Å². The average molecular weight is 541 g/mol. The number of para-hydroxylation sites is 2. The van der Waals surface area contributed by atoms with Crippen LogP contribution in [-0.2, 0) is 27.9 Å². The number of aromatic nitrogens is 2. The van der Waals surface area contributed by atoms with Crippen molar-refractivity contribution in [3.05, 3.63) is 120 Å². The molecule has 1 atom stereocenters. The summed E-state index contributed by atoms with van der Waals surface area (Å²) in [4.78, 5) is 19.4. The number of nitrogens with zero attached hydrogens (tertiary/aromatic N) is 1. The minimum atomic E-state index is -3.99. The number of sulfonamides is 1. The number of carboxylic acids is 1. The van der Waals surface area contributed by atoms with Gasteiger partial charge < -0.3 is 15.4 Å². The maximum absolute atomic E-state index is 13.3. The van der Waals surface area contributed by atoms with Crippen molar-refractivity contribution >= 4 is 27.0 Å². The molecule has 5 aromatic rings. The molecule has 1 aromatic heterocycles. The van der Waals surface area contributed by atoms with E-state index in [1.807, 2.05) is 54.6 Å². The minimum absolute atomic E-state index is 0.0692. The van der Waals surface area contributed by atoms with Crippen molar-refractivity contribution in [1.29, 1.82) is 0 Å². The van der Waals surface area contributed by atoms with Crippen molar-refractivity contribution in [3.8, 4) is 11.1 Å². The molecule has 0 fully saturated rings. The second kappa shape index (κ2) is 11.6. The van der Waals surface area contributed by atoms with Crippen LogP contribution in [0, 0.1) is 0 Å². The third kappa shape index (κ3) is 6.58. The molecule has 0 bridgehead atoms. The molecular weight excluding hydrogens is 512 g/mol. The predicted molar refractivity (Wildman–Crippen MR) is 150 cm³/mol. The van der Waals surface area contributed by atoms with Crippen LogP contribution in [0.1, 0.15) is 29.4 Å². The molecule has 4 N–H and O–H groups in total. The van der Waals surface area contributed by atoms with E-state index in [0.29, 0.717) is 18.7 Å². The molecular formula is C30H28N4O4S. The highest BCUT2D eigenvalue weighted by Crippen LogP contribution is 2.26. The summed E-state index contributed by atoms with van der Waals surface area (Å²) in [5.41, 5.74) is 5.17. The normalized spacial score (nSPS) is 12.4. The van der Waals surface area contributed by atoms with Gasteiger partial charge in [-0.2, -0.15) is 0 Å². The first kappa shape index (κ1) is 26.3. The smallest absolute Gasteiger partial charge is 0.305 e. The lowest BCUT2D eigenvalue weighted by Crippen LogP contribution is -2.30. The highest BCUT2D eigenvalue weighted by Gasteiger charge is 2.24. The summed E-state index contributed by atoms with van der Waals surface area (Å²) in [7, 11) is -3.99. The fourth-order valence-electron chi connectivity index (χ4n) is 4.46. The standard InChI is InChI=1S/C30H28N4O4S/c35-30(36)18-28(22-9-2-1-3-10-22)34-39(37,38)25-13-7-12-24(17-25)23-11-6-8-21(16-23)19-31-20-29-32-26-14-4-5-15-27(26)33-29/h1-17,28,31,34H,18-20H2,(H,32,33)(H,35,36)/t28-/m0/s1. The van der Waals surface area contributed by atoms with Crippen LogP contribution >= 0.6 is 0 Å². The number of aliphatic carboxylic acids is 1. The molecule has 0 radical (unpaired) electrons. The summed E-state index contributed by atoms with van der Waals surface area (Å²) in [5, 5.41) is 12.7. The Labute approximate surface area is 226 Å². The summed E-state index contributed by atoms with van der Waals surface area (Å²) in [6, 6.07) is 30.2. The Morgan fingerprint density at radius 2 is 1.56 bits per heavy atom. The monoisotopic (exact) mass is 540 g/mol. The van der Waals surface area contributed by atoms with Crippen LogP contribution in [0.2, 0.25) is 0 Å². The zero-order valence-corrected chi connectivity index (χ0v) is 21.9. The molecule has 5 rings (SSSR count). The lowest BCUT2D eigenvalue weighted by atomic mass is 10.0. The number of nitrogens with one attached hydrogen (secondary N) is 3. The number of benzene rings is 4. The van der Waals surface area contributed by atoms with Gasteiger partial charge in [0.05, 0.1) is 34.9 Å². The molecule has 0 spiro atoms. The lowest BCUT2D eigenvalue weighted by molar-refractivity contribution is -0.137. The molecule has 0 unspecified atom stereocenters. The Hall–Kier alpha value is -4.31. The highest BCUT2D eigenvalue weighted by molar-refractivity contribution is 7.89. The summed E-state index contributed by atoms with van der Waals surface area (Å²) in [5.74, 6) is -0.236. The number of aromatic amines is 1. The van der Waals surface area contributed by atoms with E-state index in [1.54, 1.807) is 42.5 Å². The molecule has 0 aliphatic rings. The molecule has 198 valence electrons. The first-order chi connectivity index (χ1) is 18.9. The van der Waals surface area contributed by atoms with Crippen molar-refractivity contribution in [2.75, 3.05) is 0 Å². The van der Waals surface area contributed by atoms with Gasteiger partial charge in [-0.1, -0.05) is 72.8 Å². The van der Waals surface area contributed by atoms with Crippen molar-refractivity contribution in [3.63, 3.8) is 0 Å². The zero-order valence-electron chi connectivity index (χ0n) is 21.0. The second-order valence-electron chi connectivity index (χ2n) is 9.21. The van der Waals surface area contributed by atoms with Gasteiger partial charge in [0.2, 0.25) is 10.0 Å². The zero-order chi connectivity index (χ0) is 27.2. The van der Waals surface area contributed by atoms with E-state index in [1.165, 1.54) is 6.07 Å². The predicted octanol–water partition coefficient (Wildman–Crippen LogP) is 5.01. The summed E-state index contributed by atoms with van der Waals surface area (Å²) in [6.45, 7) is 1.19. The van der Waals surface area contributed by atoms with E-state index in [0.717, 1.165) is 33.5 Å². The summed E-state index contributed by atoms with van der Waals surface area (Å²) < 4.78 is 29.1. The fraction of sp³-hybridized carbons (Fsp3) is 0.133. The van der Waals surface area contributed by atoms with Gasteiger partial charge in [-0.3, -0.25) is 4.79 Å². The number of rotatable bonds is 11. The molecule has 8 nitrogen and oxygen atoms in total. The van der Waals surface area contributed by atoms with Gasteiger partial charge in [0.1, 0.15) is 5.82 Å². The lowest BCUT2D eigenvalue weighted by Gasteiger charge is -2.18. The highest BCUT2D eigenvalue weighted by atomic mass is 32.2. The van der Waals surface area contributed by atoms with E-state index in [-0.39, 0.29) is 11.3 Å². The largest absolute Gasteiger partial charge is 0.481 e. The Bertz CT molecular complexity index is 1670. The first-order valence-electron chi connectivity index (χ1n) is 12.5. The molecule has 0 saturated carbocycles. The SMILES string of the molecule is O=C(O)C[C@H](NS(=O)(=O)c1cccc(-c2cccc(CNCc3nc4ccccc4[nH]3)c2)c1)c1ccccc1. The van der Waals surface area contributed by atoms with Crippen molar-refractivity contribution < 1.29 is 18.3 Å². The third-order valence-corrected chi connectivity index (χ3v) is 7.81. The Balaban J connectivity index is 1.30. The van der Waals surface area contributed by atoms with Gasteiger partial charge in [-0.25, -0.2) is 18.1 Å². The van der Waals surface area contributed by atoms with Crippen LogP contribution in [0.25, 0.3) is 22.2 Å². The van der Waals surface area contributed by atoms with Gasteiger partial charge in [0.15, 0.2) is 0 Å². The van der Waals surface area contributed by atoms with E-state index in [9.17, 15) is 18.3 Å². The summed E-state index contributed by atoms with van der Waals surface area (Å²) >= 11 is 0. The molecule has 0 aliphatic carbocycles. The number of imidazole rings is 1. The topological polar surface area (TPSA) is 124 Å². The molecule has 39 heavy (non-hydrogen) atoms. The quantitative estimate of drug-likeness (QED) is 0.187. The number of hydrogen-bond donors (Lipinski definition) is 4. The van der Waals surface area contributed by atoms with Crippen LogP contribution < -0.4 is 10.0 Å². The molecule has 4 aromatic carbocycles. The first-order valence-corrected chi connectivity index (χ1v) is 14.0. The van der Waals surface area contributed by atoms with Gasteiger partial charge in [0.25, 0.3) is 0 Å². The van der Waals surface area contributed by atoms with Crippen LogP contribution in [0.3, 0.4) is 0 Å². The van der Waals surface area contributed by atoms with Gasteiger partial charge in [0, 0.05) is 6.54 Å². The number of H-pyrrole nitrogens is 1. The van der Waals surface area contributed by atoms with E-state index in [4.69, 9.17) is 0 Å². The van der Waals surface area contributed by atoms with Gasteiger partial charge in [-0.15, -0.1) is 0 Å². The third-order valence-electron chi connectivity index (χ3n) is 6.34. The Morgan fingerprint density at radius 1 is 0.846 bits per heavy atom. The maximum atomic E-state index is 13.3. The van der Waals surface area contributed by atoms with Crippen LogP contribution in [0.5, 0.6) is 0 Å². The molecule has 1 heterocycles. The maximum Gasteiger partial charge on any atom is 0.305 e. The molecule has 0 aliphatic heterocycles. The van der Waals surface area contributed by atoms with Crippen LogP contribution in [0.4, 0.5) is 0 Å². The Kier molecular flexibility index (Phi) is 7.83. The van der Waals surface area contributed by atoms with Crippen molar-refractivity contribution in [2.45, 2.75) is 30.4 Å². The molecule has 9 heteroatoms. The number of fused-ring (bicyclic) bond motifs is 1. The average Bonchev–Trinajstić information content (AvgIpc) is 3.36. The van der Waals surface area contributed by atoms with E-state index in [2.05, 4.69) is 20.0 Å². The molecule has 0 saturated heterocycles. The second-order valence-corrected chi connectivity index (χ2v) is 10.9. The number of carboxylic acid groups (broad SMARTS) is 1. The van der Waals surface area contributed by atoms with Crippen molar-refractivity contribution in [1.82, 2.24) is 20.0 Å². The van der Waals surface area contributed by atoms with Crippen molar-refractivity contribution in [2.24, 2.45) is 0 Å². The molecule has 0 amide bonds. The van der Waals surface area contributed by atoms with Gasteiger partial charge in [-0.05, 0) is 52.6 Å². The van der Waals surface area contributed by atoms with Gasteiger partial charge >= 0.3 is 5.97 Å². The number of hydrogen-bond acceptors (Lipinski definition) is 5. The van der Waals surface area contributed by atoms with E-state index < -0.39 is 22.0 Å². The minimum Gasteiger partial charge on any atom is -0.481 e. The number of carbonyl (C=O) groups is 1. The van der Waals surface area contributed by atoms with Crippen LogP contribution in [-0.4, -0.2) is 29.5 Å². The Morgan fingerprint density at radius 3 is 2.33 bits per heavy atom. The fourth-order valence-corrected chi connectivity index (χ4v) is 5.73. The summed E-state index contributed by atoms with van der Waals surface area (Å²) in [6.07, 6.45) is -0.369.